The number of carbonyl (C=O) groups is 1. The van der Waals surface area contributed by atoms with Gasteiger partial charge in [-0.25, -0.2) is 0 Å². The summed E-state index contributed by atoms with van der Waals surface area (Å²) in [6.07, 6.45) is 6.05. The normalized spacial score (nSPS) is 24.4. The molecule has 2 nitrogen and oxygen atoms in total. The molecule has 54 valence electrons. The molecular weight excluding hydrogens is 126 g/mol. The number of amides is 1. The highest BCUT2D eigenvalue weighted by Crippen LogP contribution is 2.14. The SMILES string of the molecule is C#CC(=O)N1CC[C@@H](C)C1. The fourth-order valence-electron chi connectivity index (χ4n) is 1.21. The van der Waals surface area contributed by atoms with Gasteiger partial charge in [-0.3, -0.25) is 4.79 Å². The number of hydrogen-bond acceptors (Lipinski definition) is 1. The van der Waals surface area contributed by atoms with Crippen LogP contribution in [0, 0.1) is 18.3 Å². The molecule has 0 unspecified atom stereocenters. The smallest absolute Gasteiger partial charge is 0.298 e. The Morgan fingerprint density at radius 1 is 1.80 bits per heavy atom. The fraction of sp³-hybridized carbons (Fsp3) is 0.625. The van der Waals surface area contributed by atoms with E-state index in [-0.39, 0.29) is 5.91 Å². The minimum absolute atomic E-state index is 0.163. The fourth-order valence-corrected chi connectivity index (χ4v) is 1.21. The molecule has 0 saturated carbocycles. The molecule has 1 saturated heterocycles. The van der Waals surface area contributed by atoms with Crippen LogP contribution in [0.2, 0.25) is 0 Å². The van der Waals surface area contributed by atoms with Crippen LogP contribution < -0.4 is 0 Å². The Hall–Kier alpha value is -0.970. The third-order valence-corrected chi connectivity index (χ3v) is 1.83. The molecule has 1 amide bonds. The van der Waals surface area contributed by atoms with Crippen LogP contribution in [0.1, 0.15) is 13.3 Å². The molecule has 1 fully saturated rings. The zero-order valence-corrected chi connectivity index (χ0v) is 6.13. The number of carbonyl (C=O) groups excluding carboxylic acids is 1. The molecule has 1 atom stereocenters. The second-order valence-corrected chi connectivity index (χ2v) is 2.79. The van der Waals surface area contributed by atoms with Gasteiger partial charge in [0.25, 0.3) is 5.91 Å². The van der Waals surface area contributed by atoms with Crippen molar-refractivity contribution in [2.75, 3.05) is 13.1 Å². The van der Waals surface area contributed by atoms with Crippen LogP contribution in [-0.2, 0) is 4.79 Å². The van der Waals surface area contributed by atoms with E-state index in [1.165, 1.54) is 0 Å². The number of nitrogens with zero attached hydrogens (tertiary/aromatic N) is 1. The van der Waals surface area contributed by atoms with Gasteiger partial charge in [-0.1, -0.05) is 6.92 Å². The highest BCUT2D eigenvalue weighted by atomic mass is 16.2. The minimum atomic E-state index is -0.163. The van der Waals surface area contributed by atoms with Crippen LogP contribution in [0.15, 0.2) is 0 Å². The van der Waals surface area contributed by atoms with Crippen molar-refractivity contribution in [3.63, 3.8) is 0 Å². The summed E-state index contributed by atoms with van der Waals surface area (Å²) in [5, 5.41) is 0. The molecule has 0 N–H and O–H groups in total. The maximum absolute atomic E-state index is 10.8. The second kappa shape index (κ2) is 2.74. The summed E-state index contributed by atoms with van der Waals surface area (Å²) in [5.74, 6) is 2.57. The zero-order valence-electron chi connectivity index (χ0n) is 6.13. The lowest BCUT2D eigenvalue weighted by Crippen LogP contribution is -2.26. The van der Waals surface area contributed by atoms with Crippen LogP contribution in [0.5, 0.6) is 0 Å². The van der Waals surface area contributed by atoms with E-state index in [0.29, 0.717) is 5.92 Å². The van der Waals surface area contributed by atoms with Gasteiger partial charge in [-0.15, -0.1) is 6.42 Å². The summed E-state index contributed by atoms with van der Waals surface area (Å²) in [7, 11) is 0. The predicted molar refractivity (Wildman–Crippen MR) is 39.2 cm³/mol. The van der Waals surface area contributed by atoms with Crippen LogP contribution in [0.4, 0.5) is 0 Å². The maximum Gasteiger partial charge on any atom is 0.298 e. The molecule has 0 bridgehead atoms. The van der Waals surface area contributed by atoms with Crippen LogP contribution in [0.25, 0.3) is 0 Å². The van der Waals surface area contributed by atoms with Gasteiger partial charge in [0.15, 0.2) is 0 Å². The number of likely N-dealkylation sites (tertiary alicyclic amines) is 1. The summed E-state index contributed by atoms with van der Waals surface area (Å²) in [6, 6.07) is 0. The van der Waals surface area contributed by atoms with Crippen LogP contribution in [0.3, 0.4) is 0 Å². The molecule has 0 spiro atoms. The Bertz CT molecular complexity index is 180. The van der Waals surface area contributed by atoms with Crippen molar-refractivity contribution in [3.05, 3.63) is 0 Å². The van der Waals surface area contributed by atoms with Crippen molar-refractivity contribution < 1.29 is 4.79 Å². The van der Waals surface area contributed by atoms with Gasteiger partial charge in [0.1, 0.15) is 0 Å². The molecule has 1 aliphatic heterocycles. The summed E-state index contributed by atoms with van der Waals surface area (Å²) in [5.41, 5.74) is 0. The van der Waals surface area contributed by atoms with Crippen LogP contribution >= 0.6 is 0 Å². The quantitative estimate of drug-likeness (QED) is 0.445. The molecule has 0 aromatic heterocycles. The highest BCUT2D eigenvalue weighted by Gasteiger charge is 2.21. The Morgan fingerprint density at radius 3 is 2.90 bits per heavy atom. The maximum atomic E-state index is 10.8. The molecule has 10 heavy (non-hydrogen) atoms. The topological polar surface area (TPSA) is 20.3 Å². The lowest BCUT2D eigenvalue weighted by molar-refractivity contribution is -0.124. The summed E-state index contributed by atoms with van der Waals surface area (Å²) in [6.45, 7) is 3.80. The number of hydrogen-bond donors (Lipinski definition) is 0. The van der Waals surface area contributed by atoms with E-state index < -0.39 is 0 Å². The van der Waals surface area contributed by atoms with E-state index in [1.54, 1.807) is 4.90 Å². The zero-order chi connectivity index (χ0) is 7.56. The molecule has 1 rings (SSSR count). The third kappa shape index (κ3) is 1.30. The molecule has 0 aromatic carbocycles. The Balaban J connectivity index is 2.47. The van der Waals surface area contributed by atoms with Gasteiger partial charge in [0.2, 0.25) is 0 Å². The first kappa shape index (κ1) is 7.14. The number of rotatable bonds is 0. The van der Waals surface area contributed by atoms with Crippen molar-refractivity contribution in [2.24, 2.45) is 5.92 Å². The molecule has 2 heteroatoms. The Morgan fingerprint density at radius 2 is 2.50 bits per heavy atom. The van der Waals surface area contributed by atoms with E-state index in [9.17, 15) is 4.79 Å². The lowest BCUT2D eigenvalue weighted by atomic mass is 10.2. The predicted octanol–water partition coefficient (Wildman–Crippen LogP) is 0.488. The van der Waals surface area contributed by atoms with Gasteiger partial charge in [0.05, 0.1) is 0 Å². The van der Waals surface area contributed by atoms with Gasteiger partial charge in [0, 0.05) is 13.1 Å². The van der Waals surface area contributed by atoms with E-state index in [2.05, 4.69) is 12.8 Å². The van der Waals surface area contributed by atoms with Crippen molar-refractivity contribution in [1.29, 1.82) is 0 Å². The molecule has 0 aromatic rings. The molecule has 1 heterocycles. The molecule has 0 radical (unpaired) electrons. The van der Waals surface area contributed by atoms with Crippen molar-refractivity contribution in [2.45, 2.75) is 13.3 Å². The largest absolute Gasteiger partial charge is 0.332 e. The van der Waals surface area contributed by atoms with E-state index in [4.69, 9.17) is 6.42 Å². The standard InChI is InChI=1S/C8H11NO/c1-3-8(10)9-5-4-7(2)6-9/h1,7H,4-6H2,2H3/t7-/m1/s1. The lowest BCUT2D eigenvalue weighted by Gasteiger charge is -2.10. The Kier molecular flexibility index (Phi) is 1.96. The monoisotopic (exact) mass is 137 g/mol. The van der Waals surface area contributed by atoms with Gasteiger partial charge < -0.3 is 4.90 Å². The molecular formula is C8H11NO. The molecule has 0 aliphatic carbocycles. The average molecular weight is 137 g/mol. The first-order valence-corrected chi connectivity index (χ1v) is 3.49. The Labute approximate surface area is 61.2 Å². The van der Waals surface area contributed by atoms with Gasteiger partial charge in [-0.05, 0) is 18.3 Å². The third-order valence-electron chi connectivity index (χ3n) is 1.83. The number of terminal acetylenes is 1. The first-order chi connectivity index (χ1) is 4.74. The minimum Gasteiger partial charge on any atom is -0.332 e. The highest BCUT2D eigenvalue weighted by molar-refractivity contribution is 5.93. The second-order valence-electron chi connectivity index (χ2n) is 2.79. The summed E-state index contributed by atoms with van der Waals surface area (Å²) >= 11 is 0. The summed E-state index contributed by atoms with van der Waals surface area (Å²) < 4.78 is 0. The van der Waals surface area contributed by atoms with Crippen molar-refractivity contribution >= 4 is 5.91 Å². The van der Waals surface area contributed by atoms with E-state index >= 15 is 0 Å². The van der Waals surface area contributed by atoms with Crippen molar-refractivity contribution in [3.8, 4) is 12.3 Å². The first-order valence-electron chi connectivity index (χ1n) is 3.49. The van der Waals surface area contributed by atoms with Gasteiger partial charge in [-0.2, -0.15) is 0 Å². The van der Waals surface area contributed by atoms with Crippen LogP contribution in [-0.4, -0.2) is 23.9 Å². The average Bonchev–Trinajstić information content (AvgIpc) is 2.34. The summed E-state index contributed by atoms with van der Waals surface area (Å²) in [4.78, 5) is 12.6. The van der Waals surface area contributed by atoms with Gasteiger partial charge >= 0.3 is 0 Å². The van der Waals surface area contributed by atoms with Crippen molar-refractivity contribution in [1.82, 2.24) is 4.90 Å². The van der Waals surface area contributed by atoms with E-state index in [0.717, 1.165) is 19.5 Å². The van der Waals surface area contributed by atoms with E-state index in [1.807, 2.05) is 0 Å². The molecule has 1 aliphatic rings.